The fraction of sp³-hybridized carbons (Fsp3) is 0.500. The van der Waals surface area contributed by atoms with Gasteiger partial charge in [-0.2, -0.15) is 0 Å². The molecule has 1 fully saturated rings. The third-order valence-corrected chi connectivity index (χ3v) is 5.44. The largest absolute Gasteiger partial charge is 0.481 e. The van der Waals surface area contributed by atoms with Crippen molar-refractivity contribution in [3.8, 4) is 0 Å². The number of carbonyl (C=O) groups excluding carboxylic acids is 2. The van der Waals surface area contributed by atoms with Gasteiger partial charge in [0.15, 0.2) is 0 Å². The molecule has 0 aromatic heterocycles. The molecule has 1 aromatic rings. The third kappa shape index (κ3) is 2.56. The van der Waals surface area contributed by atoms with Crippen LogP contribution in [-0.2, 0) is 20.8 Å². The van der Waals surface area contributed by atoms with Gasteiger partial charge in [-0.05, 0) is 29.9 Å². The quantitative estimate of drug-likeness (QED) is 0.884. The van der Waals surface area contributed by atoms with E-state index in [0.717, 1.165) is 11.3 Å². The van der Waals surface area contributed by atoms with Crippen molar-refractivity contribution in [2.75, 3.05) is 12.4 Å². The van der Waals surface area contributed by atoms with E-state index in [0.29, 0.717) is 12.8 Å². The van der Waals surface area contributed by atoms with Gasteiger partial charge in [-0.25, -0.2) is 0 Å². The first-order valence-electron chi connectivity index (χ1n) is 8.13. The minimum Gasteiger partial charge on any atom is -0.481 e. The van der Waals surface area contributed by atoms with E-state index in [1.807, 2.05) is 24.3 Å². The number of aliphatic carboxylic acids is 1. The summed E-state index contributed by atoms with van der Waals surface area (Å²) in [7, 11) is 1.59. The summed E-state index contributed by atoms with van der Waals surface area (Å²) < 4.78 is 0. The molecule has 1 aliphatic carbocycles. The van der Waals surface area contributed by atoms with Crippen molar-refractivity contribution < 1.29 is 19.5 Å². The van der Waals surface area contributed by atoms with E-state index < -0.39 is 29.3 Å². The van der Waals surface area contributed by atoms with Crippen LogP contribution in [0.15, 0.2) is 24.3 Å². The Morgan fingerprint density at radius 1 is 1.25 bits per heavy atom. The molecule has 3 atom stereocenters. The van der Waals surface area contributed by atoms with Crippen LogP contribution in [0.25, 0.3) is 0 Å². The molecular weight excluding hydrogens is 308 g/mol. The molecule has 2 N–H and O–H groups in total. The van der Waals surface area contributed by atoms with Gasteiger partial charge in [-0.3, -0.25) is 14.4 Å². The summed E-state index contributed by atoms with van der Waals surface area (Å²) in [5, 5.41) is 12.1. The normalized spacial score (nSPS) is 27.5. The molecule has 2 aliphatic rings. The number of nitrogens with zero attached hydrogens (tertiary/aromatic N) is 1. The summed E-state index contributed by atoms with van der Waals surface area (Å²) in [5.74, 6) is -2.69. The lowest BCUT2D eigenvalue weighted by Crippen LogP contribution is -2.45. The van der Waals surface area contributed by atoms with Crippen LogP contribution in [0.1, 0.15) is 25.8 Å². The van der Waals surface area contributed by atoms with Gasteiger partial charge >= 0.3 is 5.97 Å². The topological polar surface area (TPSA) is 86.7 Å². The number of carboxylic acids is 1. The first kappa shape index (κ1) is 16.5. The lowest BCUT2D eigenvalue weighted by Gasteiger charge is -2.26. The van der Waals surface area contributed by atoms with Crippen molar-refractivity contribution >= 4 is 23.5 Å². The second-order valence-corrected chi connectivity index (χ2v) is 7.26. The number of fused-ring (bicyclic) bond motifs is 1. The summed E-state index contributed by atoms with van der Waals surface area (Å²) in [6.07, 6.45) is 1.21. The highest BCUT2D eigenvalue weighted by Crippen LogP contribution is 2.59. The molecule has 1 heterocycles. The molecule has 128 valence electrons. The number of nitrogens with one attached hydrogen (secondary N) is 1. The Morgan fingerprint density at radius 2 is 1.92 bits per heavy atom. The smallest absolute Gasteiger partial charge is 0.307 e. The number of carboxylic acid groups (broad SMARTS) is 1. The van der Waals surface area contributed by atoms with Gasteiger partial charge in [-0.15, -0.1) is 0 Å². The summed E-state index contributed by atoms with van der Waals surface area (Å²) in [6, 6.07) is 7.00. The molecule has 24 heavy (non-hydrogen) atoms. The summed E-state index contributed by atoms with van der Waals surface area (Å²) in [4.78, 5) is 38.0. The Kier molecular flexibility index (Phi) is 3.86. The number of likely N-dealkylation sites (N-methyl/N-ethyl adjacent to an activating group) is 1. The summed E-state index contributed by atoms with van der Waals surface area (Å²) in [6.45, 7) is 3.57. The highest BCUT2D eigenvalue weighted by atomic mass is 16.4. The van der Waals surface area contributed by atoms with Crippen LogP contribution in [0.3, 0.4) is 0 Å². The number of amides is 2. The first-order chi connectivity index (χ1) is 11.2. The van der Waals surface area contributed by atoms with Crippen molar-refractivity contribution in [3.63, 3.8) is 0 Å². The van der Waals surface area contributed by atoms with Gasteiger partial charge in [-0.1, -0.05) is 32.0 Å². The maximum atomic E-state index is 12.7. The highest BCUT2D eigenvalue weighted by Gasteiger charge is 2.66. The van der Waals surface area contributed by atoms with Crippen LogP contribution in [0, 0.1) is 17.3 Å². The minimum atomic E-state index is -0.954. The van der Waals surface area contributed by atoms with E-state index in [2.05, 4.69) is 5.32 Å². The Bertz CT molecular complexity index is 713. The molecular formula is C18H22N2O4. The van der Waals surface area contributed by atoms with Gasteiger partial charge in [0, 0.05) is 12.7 Å². The number of carbonyl (C=O) groups is 3. The summed E-state index contributed by atoms with van der Waals surface area (Å²) >= 11 is 0. The zero-order valence-corrected chi connectivity index (χ0v) is 14.1. The van der Waals surface area contributed by atoms with Gasteiger partial charge in [0.2, 0.25) is 11.8 Å². The Balaban J connectivity index is 1.76. The molecule has 0 unspecified atom stereocenters. The second-order valence-electron chi connectivity index (χ2n) is 7.26. The number of hydrogen-bond donors (Lipinski definition) is 2. The van der Waals surface area contributed by atoms with Gasteiger partial charge in [0.05, 0.1) is 11.8 Å². The Labute approximate surface area is 140 Å². The van der Waals surface area contributed by atoms with E-state index in [1.54, 1.807) is 20.9 Å². The monoisotopic (exact) mass is 330 g/mol. The number of para-hydroxylation sites is 1. The fourth-order valence-corrected chi connectivity index (χ4v) is 3.80. The number of anilines is 1. The maximum Gasteiger partial charge on any atom is 0.307 e. The van der Waals surface area contributed by atoms with Crippen molar-refractivity contribution in [1.29, 1.82) is 0 Å². The van der Waals surface area contributed by atoms with Gasteiger partial charge < -0.3 is 15.3 Å². The average molecular weight is 330 g/mol. The molecule has 6 nitrogen and oxygen atoms in total. The first-order valence-corrected chi connectivity index (χ1v) is 8.13. The maximum absolute atomic E-state index is 12.7. The standard InChI is InChI=1S/C18H22N2O4/c1-18(2)13(14(18)17(23)24)16(22)20(3)12-9-8-10-6-4-5-7-11(10)19-15(12)21/h4-7,12-14H,8-9H2,1-3H3,(H,19,21)(H,23,24)/t12-,13-,14+/m1/s1. The zero-order chi connectivity index (χ0) is 17.6. The van der Waals surface area contributed by atoms with Crippen molar-refractivity contribution in [1.82, 2.24) is 4.90 Å². The number of aryl methyl sites for hydroxylation is 1. The number of hydrogen-bond acceptors (Lipinski definition) is 3. The van der Waals surface area contributed by atoms with Crippen molar-refractivity contribution in [2.45, 2.75) is 32.7 Å². The van der Waals surface area contributed by atoms with Crippen LogP contribution >= 0.6 is 0 Å². The van der Waals surface area contributed by atoms with E-state index in [1.165, 1.54) is 4.90 Å². The fourth-order valence-electron chi connectivity index (χ4n) is 3.80. The van der Waals surface area contributed by atoms with Crippen molar-refractivity contribution in [3.05, 3.63) is 29.8 Å². The Morgan fingerprint density at radius 3 is 2.54 bits per heavy atom. The molecule has 0 spiro atoms. The molecule has 0 radical (unpaired) electrons. The van der Waals surface area contributed by atoms with Crippen LogP contribution in [-0.4, -0.2) is 40.9 Å². The average Bonchev–Trinajstić information content (AvgIpc) is 3.14. The van der Waals surface area contributed by atoms with Crippen LogP contribution in [0.2, 0.25) is 0 Å². The number of benzene rings is 1. The molecule has 0 bridgehead atoms. The summed E-state index contributed by atoms with van der Waals surface area (Å²) in [5.41, 5.74) is 1.26. The van der Waals surface area contributed by atoms with E-state index in [9.17, 15) is 19.5 Å². The lowest BCUT2D eigenvalue weighted by molar-refractivity contribution is -0.143. The molecule has 0 saturated heterocycles. The lowest BCUT2D eigenvalue weighted by atomic mass is 10.0. The molecule has 1 aromatic carbocycles. The molecule has 3 rings (SSSR count). The van der Waals surface area contributed by atoms with E-state index >= 15 is 0 Å². The van der Waals surface area contributed by atoms with Gasteiger partial charge in [0.25, 0.3) is 0 Å². The predicted molar refractivity (Wildman–Crippen MR) is 88.3 cm³/mol. The van der Waals surface area contributed by atoms with Gasteiger partial charge in [0.1, 0.15) is 6.04 Å². The van der Waals surface area contributed by atoms with Crippen LogP contribution in [0.5, 0.6) is 0 Å². The minimum absolute atomic E-state index is 0.221. The molecule has 1 aliphatic heterocycles. The second kappa shape index (κ2) is 5.61. The van der Waals surface area contributed by atoms with E-state index in [-0.39, 0.29) is 11.8 Å². The van der Waals surface area contributed by atoms with Crippen molar-refractivity contribution in [2.24, 2.45) is 17.3 Å². The van der Waals surface area contributed by atoms with Crippen LogP contribution in [0.4, 0.5) is 5.69 Å². The molecule has 2 amide bonds. The predicted octanol–water partition coefficient (Wildman–Crippen LogP) is 1.76. The van der Waals surface area contributed by atoms with E-state index in [4.69, 9.17) is 0 Å². The number of rotatable bonds is 3. The molecule has 6 heteroatoms. The highest BCUT2D eigenvalue weighted by molar-refractivity contribution is 6.00. The Hall–Kier alpha value is -2.37. The molecule has 1 saturated carbocycles. The SMILES string of the molecule is CN(C(=O)[C@H]1[C@@H](C(=O)O)C1(C)C)[C@@H]1CCc2ccccc2NC1=O. The third-order valence-electron chi connectivity index (χ3n) is 5.44. The van der Waals surface area contributed by atoms with Crippen LogP contribution < -0.4 is 5.32 Å². The zero-order valence-electron chi connectivity index (χ0n) is 14.1.